The van der Waals surface area contributed by atoms with Crippen molar-refractivity contribution in [1.29, 1.82) is 0 Å². The molecule has 31 heavy (non-hydrogen) atoms. The Hall–Kier alpha value is -4.40. The molecule has 4 aromatic rings. The number of amides is 1. The van der Waals surface area contributed by atoms with Gasteiger partial charge >= 0.3 is 0 Å². The molecule has 9 nitrogen and oxygen atoms in total. The summed E-state index contributed by atoms with van der Waals surface area (Å²) in [6.07, 6.45) is 3.52. The van der Waals surface area contributed by atoms with E-state index in [1.807, 2.05) is 49.5 Å². The first-order chi connectivity index (χ1) is 15.1. The summed E-state index contributed by atoms with van der Waals surface area (Å²) in [5.41, 5.74) is 1.99. The van der Waals surface area contributed by atoms with Crippen LogP contribution in [0.4, 0.5) is 17.2 Å². The molecule has 0 unspecified atom stereocenters. The predicted molar refractivity (Wildman–Crippen MR) is 114 cm³/mol. The predicted octanol–water partition coefficient (Wildman–Crippen LogP) is 3.70. The maximum atomic E-state index is 12.5. The minimum absolute atomic E-state index is 0.171. The fraction of sp³-hybridized carbons (Fsp3) is 0.0909. The zero-order valence-electron chi connectivity index (χ0n) is 16.6. The number of aromatic nitrogens is 4. The first kappa shape index (κ1) is 18.6. The number of anilines is 3. The highest BCUT2D eigenvalue weighted by Gasteiger charge is 2.16. The van der Waals surface area contributed by atoms with Gasteiger partial charge < -0.3 is 20.1 Å². The Morgan fingerprint density at radius 3 is 2.61 bits per heavy atom. The molecule has 0 atom stereocenters. The molecule has 1 amide bonds. The number of nitrogens with zero attached hydrogens (tertiary/aromatic N) is 4. The van der Waals surface area contributed by atoms with Crippen molar-refractivity contribution in [1.82, 2.24) is 19.7 Å². The van der Waals surface area contributed by atoms with Gasteiger partial charge in [-0.25, -0.2) is 14.6 Å². The Kier molecular flexibility index (Phi) is 4.68. The average molecular weight is 414 g/mol. The minimum Gasteiger partial charge on any atom is -0.454 e. The van der Waals surface area contributed by atoms with Crippen LogP contribution < -0.4 is 20.1 Å². The first-order valence-corrected chi connectivity index (χ1v) is 9.58. The fourth-order valence-corrected chi connectivity index (χ4v) is 3.16. The Balaban J connectivity index is 1.28. The molecule has 2 aromatic carbocycles. The number of ether oxygens (including phenoxy) is 2. The van der Waals surface area contributed by atoms with Crippen LogP contribution in [0.25, 0.3) is 5.82 Å². The van der Waals surface area contributed by atoms with Gasteiger partial charge in [0.2, 0.25) is 6.79 Å². The van der Waals surface area contributed by atoms with Crippen LogP contribution in [0.3, 0.4) is 0 Å². The number of rotatable bonds is 5. The van der Waals surface area contributed by atoms with Crippen molar-refractivity contribution < 1.29 is 14.3 Å². The average Bonchev–Trinajstić information content (AvgIpc) is 3.46. The van der Waals surface area contributed by atoms with Crippen LogP contribution in [0.15, 0.2) is 67.0 Å². The summed E-state index contributed by atoms with van der Waals surface area (Å²) in [5, 5.41) is 10.3. The van der Waals surface area contributed by atoms with Crippen LogP contribution in [0.2, 0.25) is 0 Å². The van der Waals surface area contributed by atoms with Crippen molar-refractivity contribution in [2.75, 3.05) is 17.4 Å². The van der Waals surface area contributed by atoms with Crippen LogP contribution >= 0.6 is 0 Å². The molecular weight excluding hydrogens is 396 g/mol. The van der Waals surface area contributed by atoms with E-state index in [0.29, 0.717) is 40.2 Å². The van der Waals surface area contributed by atoms with E-state index in [-0.39, 0.29) is 12.7 Å². The third-order valence-corrected chi connectivity index (χ3v) is 4.61. The second kappa shape index (κ2) is 7.79. The van der Waals surface area contributed by atoms with Gasteiger partial charge in [0.15, 0.2) is 17.3 Å². The monoisotopic (exact) mass is 414 g/mol. The molecule has 3 heterocycles. The summed E-state index contributed by atoms with van der Waals surface area (Å²) in [6.45, 7) is 2.00. The molecule has 0 saturated carbocycles. The molecular formula is C22H18N6O3. The van der Waals surface area contributed by atoms with Gasteiger partial charge in [-0.05, 0) is 55.5 Å². The highest BCUT2D eigenvalue weighted by atomic mass is 16.7. The topological polar surface area (TPSA) is 103 Å². The highest BCUT2D eigenvalue weighted by Crippen LogP contribution is 2.32. The number of carbonyl (C=O) groups excluding carboxylic acids is 1. The molecule has 2 N–H and O–H groups in total. The lowest BCUT2D eigenvalue weighted by Crippen LogP contribution is -2.11. The maximum absolute atomic E-state index is 12.5. The maximum Gasteiger partial charge on any atom is 0.255 e. The van der Waals surface area contributed by atoms with Crippen LogP contribution in [-0.2, 0) is 0 Å². The third-order valence-electron chi connectivity index (χ3n) is 4.61. The van der Waals surface area contributed by atoms with E-state index >= 15 is 0 Å². The van der Waals surface area contributed by atoms with E-state index in [1.54, 1.807) is 29.1 Å². The van der Waals surface area contributed by atoms with E-state index in [4.69, 9.17) is 9.47 Å². The van der Waals surface area contributed by atoms with E-state index in [0.717, 1.165) is 5.69 Å². The SMILES string of the molecule is Cc1nc(Nc2ccc(NC(=O)c3ccc4c(c3)OCO4)cc2)cc(-n2cccn2)n1. The lowest BCUT2D eigenvalue weighted by molar-refractivity contribution is 0.102. The quantitative estimate of drug-likeness (QED) is 0.513. The molecule has 0 aliphatic carbocycles. The van der Waals surface area contributed by atoms with Gasteiger partial charge in [0.05, 0.1) is 0 Å². The van der Waals surface area contributed by atoms with Gasteiger partial charge in [-0.1, -0.05) is 0 Å². The number of fused-ring (bicyclic) bond motifs is 1. The van der Waals surface area contributed by atoms with Gasteiger partial charge in [0.25, 0.3) is 5.91 Å². The number of benzene rings is 2. The molecule has 5 rings (SSSR count). The number of aryl methyl sites for hydroxylation is 1. The van der Waals surface area contributed by atoms with Gasteiger partial charge in [-0.3, -0.25) is 4.79 Å². The molecule has 2 aromatic heterocycles. The van der Waals surface area contributed by atoms with E-state index < -0.39 is 0 Å². The van der Waals surface area contributed by atoms with Crippen LogP contribution in [0, 0.1) is 6.92 Å². The Morgan fingerprint density at radius 1 is 1.00 bits per heavy atom. The third kappa shape index (κ3) is 4.01. The van der Waals surface area contributed by atoms with Crippen LogP contribution in [-0.4, -0.2) is 32.4 Å². The van der Waals surface area contributed by atoms with Crippen molar-refractivity contribution in [3.63, 3.8) is 0 Å². The largest absolute Gasteiger partial charge is 0.454 e. The summed E-state index contributed by atoms with van der Waals surface area (Å²) >= 11 is 0. The standard InChI is InChI=1S/C22H18N6O3/c1-14-24-20(12-21(25-14)28-10-2-9-23-28)26-16-4-6-17(7-5-16)27-22(29)15-3-8-18-19(11-15)31-13-30-18/h2-12H,13H2,1H3,(H,27,29)(H,24,25,26). The lowest BCUT2D eigenvalue weighted by atomic mass is 10.2. The van der Waals surface area contributed by atoms with Crippen molar-refractivity contribution in [2.45, 2.75) is 6.92 Å². The molecule has 1 aliphatic heterocycles. The van der Waals surface area contributed by atoms with E-state index in [1.165, 1.54) is 0 Å². The Labute approximate surface area is 177 Å². The van der Waals surface area contributed by atoms with Crippen LogP contribution in [0.1, 0.15) is 16.2 Å². The van der Waals surface area contributed by atoms with E-state index in [2.05, 4.69) is 25.7 Å². The smallest absolute Gasteiger partial charge is 0.255 e. The summed E-state index contributed by atoms with van der Waals surface area (Å²) < 4.78 is 12.3. The summed E-state index contributed by atoms with van der Waals surface area (Å²) in [4.78, 5) is 21.4. The number of carbonyl (C=O) groups is 1. The minimum atomic E-state index is -0.228. The van der Waals surface area contributed by atoms with Crippen molar-refractivity contribution in [3.05, 3.63) is 78.4 Å². The first-order valence-electron chi connectivity index (χ1n) is 9.58. The molecule has 9 heteroatoms. The number of hydrogen-bond donors (Lipinski definition) is 2. The summed E-state index contributed by atoms with van der Waals surface area (Å²) in [5.74, 6) is 2.93. The van der Waals surface area contributed by atoms with Gasteiger partial charge in [0.1, 0.15) is 11.6 Å². The molecule has 0 saturated heterocycles. The number of hydrogen-bond acceptors (Lipinski definition) is 7. The Morgan fingerprint density at radius 2 is 1.81 bits per heavy atom. The lowest BCUT2D eigenvalue weighted by Gasteiger charge is -2.10. The fourth-order valence-electron chi connectivity index (χ4n) is 3.16. The van der Waals surface area contributed by atoms with Crippen LogP contribution in [0.5, 0.6) is 11.5 Å². The number of nitrogens with one attached hydrogen (secondary N) is 2. The van der Waals surface area contributed by atoms with Crippen molar-refractivity contribution in [2.24, 2.45) is 0 Å². The molecule has 1 aliphatic rings. The molecule has 0 spiro atoms. The molecule has 154 valence electrons. The van der Waals surface area contributed by atoms with Gasteiger partial charge in [-0.15, -0.1) is 0 Å². The van der Waals surface area contributed by atoms with Crippen molar-refractivity contribution >= 4 is 23.1 Å². The Bertz CT molecular complexity index is 1240. The second-order valence-electron chi connectivity index (χ2n) is 6.83. The van der Waals surface area contributed by atoms with Crippen molar-refractivity contribution in [3.8, 4) is 17.3 Å². The molecule has 0 fully saturated rings. The van der Waals surface area contributed by atoms with E-state index in [9.17, 15) is 4.79 Å². The molecule has 0 radical (unpaired) electrons. The normalized spacial score (nSPS) is 11.9. The summed E-state index contributed by atoms with van der Waals surface area (Å²) in [7, 11) is 0. The van der Waals surface area contributed by atoms with Gasteiger partial charge in [0, 0.05) is 35.4 Å². The van der Waals surface area contributed by atoms with Gasteiger partial charge in [-0.2, -0.15) is 5.10 Å². The zero-order chi connectivity index (χ0) is 21.2. The highest BCUT2D eigenvalue weighted by molar-refractivity contribution is 6.04. The zero-order valence-corrected chi connectivity index (χ0v) is 16.6. The molecule has 0 bridgehead atoms. The summed E-state index contributed by atoms with van der Waals surface area (Å²) in [6, 6.07) is 16.1. The second-order valence-corrected chi connectivity index (χ2v) is 6.83.